The number of nitrogens with zero attached hydrogens (tertiary/aromatic N) is 1. The van der Waals surface area contributed by atoms with Crippen LogP contribution >= 0.6 is 0 Å². The van der Waals surface area contributed by atoms with Crippen LogP contribution in [-0.2, 0) is 0 Å². The monoisotopic (exact) mass is 532 g/mol. The molecule has 10 heteroatoms. The molecule has 0 saturated carbocycles. The molecule has 0 unspecified atom stereocenters. The summed E-state index contributed by atoms with van der Waals surface area (Å²) in [7, 11) is 2.72. The number of ether oxygens (including phenoxy) is 2. The van der Waals surface area contributed by atoms with Crippen LogP contribution < -0.4 is 31.2 Å². The number of rotatable bonds is 3. The van der Waals surface area contributed by atoms with Gasteiger partial charge in [-0.25, -0.2) is 0 Å². The van der Waals surface area contributed by atoms with Gasteiger partial charge in [0.1, 0.15) is 11.5 Å². The number of non-ortho nitro benzene ring substituents is 1. The fourth-order valence-electron chi connectivity index (χ4n) is 5.92. The number of nitrogens with one attached hydrogen (secondary N) is 1. The molecule has 0 aliphatic carbocycles. The normalized spacial score (nSPS) is 11.8. The summed E-state index contributed by atoms with van der Waals surface area (Å²) in [6, 6.07) is 13.2. The van der Waals surface area contributed by atoms with Crippen molar-refractivity contribution in [3.63, 3.8) is 0 Å². The molecule has 0 amide bonds. The molecular weight excluding hydrogens is 516 g/mol. The van der Waals surface area contributed by atoms with Crippen LogP contribution in [0.15, 0.2) is 73.8 Å². The molecule has 0 fully saturated rings. The van der Waals surface area contributed by atoms with E-state index in [2.05, 4.69) is 4.98 Å². The maximum absolute atomic E-state index is 14.3. The van der Waals surface area contributed by atoms with Gasteiger partial charge in [-0.1, -0.05) is 24.3 Å². The highest BCUT2D eigenvalue weighted by Crippen LogP contribution is 2.38. The molecule has 7 aromatic rings. The topological polar surface area (TPSA) is 146 Å². The van der Waals surface area contributed by atoms with Crippen molar-refractivity contribution in [2.24, 2.45) is 0 Å². The fourth-order valence-corrected chi connectivity index (χ4v) is 5.92. The van der Waals surface area contributed by atoms with E-state index in [0.717, 1.165) is 0 Å². The summed E-state index contributed by atoms with van der Waals surface area (Å²) < 4.78 is 10.8. The molecule has 1 heterocycles. The Morgan fingerprint density at radius 2 is 1.15 bits per heavy atom. The maximum Gasteiger partial charge on any atom is 0.270 e. The Kier molecular flexibility index (Phi) is 4.66. The van der Waals surface area contributed by atoms with Crippen molar-refractivity contribution in [2.45, 2.75) is 0 Å². The van der Waals surface area contributed by atoms with Gasteiger partial charge in [0.15, 0.2) is 21.7 Å². The minimum Gasteiger partial charge on any atom is -0.496 e. The molecule has 40 heavy (non-hydrogen) atoms. The summed E-state index contributed by atoms with van der Waals surface area (Å²) in [5, 5.41) is 11.5. The van der Waals surface area contributed by atoms with E-state index in [9.17, 15) is 29.3 Å². The molecule has 0 saturated heterocycles. The van der Waals surface area contributed by atoms with E-state index in [1.54, 1.807) is 12.1 Å². The van der Waals surface area contributed by atoms with Crippen LogP contribution in [0, 0.1) is 10.1 Å². The third-order valence-corrected chi connectivity index (χ3v) is 7.59. The molecule has 0 bridgehead atoms. The summed E-state index contributed by atoms with van der Waals surface area (Å²) in [4.78, 5) is 70.8. The second-order valence-corrected chi connectivity index (χ2v) is 9.44. The van der Waals surface area contributed by atoms with Gasteiger partial charge < -0.3 is 14.5 Å². The first kappa shape index (κ1) is 23.5. The Morgan fingerprint density at radius 3 is 1.70 bits per heavy atom. The van der Waals surface area contributed by atoms with Crippen LogP contribution in [0.25, 0.3) is 64.9 Å². The lowest BCUT2D eigenvalue weighted by Gasteiger charge is -2.11. The van der Waals surface area contributed by atoms with Crippen molar-refractivity contribution in [1.29, 1.82) is 0 Å². The molecule has 10 nitrogen and oxygen atoms in total. The van der Waals surface area contributed by atoms with Crippen LogP contribution in [0.5, 0.6) is 11.5 Å². The van der Waals surface area contributed by atoms with Gasteiger partial charge in [0.2, 0.25) is 0 Å². The van der Waals surface area contributed by atoms with E-state index in [1.807, 2.05) is 0 Å². The van der Waals surface area contributed by atoms with Crippen molar-refractivity contribution in [3.05, 3.63) is 106 Å². The summed E-state index contributed by atoms with van der Waals surface area (Å²) in [5.41, 5.74) is -2.15. The summed E-state index contributed by atoms with van der Waals surface area (Å²) >= 11 is 0. The predicted molar refractivity (Wildman–Crippen MR) is 153 cm³/mol. The average molecular weight is 532 g/mol. The second-order valence-electron chi connectivity index (χ2n) is 9.44. The number of hydrogen-bond acceptors (Lipinski definition) is 8. The van der Waals surface area contributed by atoms with E-state index in [0.29, 0.717) is 5.52 Å². The maximum atomic E-state index is 14.3. The molecular formula is C30H16N2O8. The number of fused-ring (bicyclic) bond motifs is 10. The number of nitro benzene ring substituents is 1. The molecule has 6 aromatic carbocycles. The van der Waals surface area contributed by atoms with Crippen LogP contribution in [0.1, 0.15) is 0 Å². The highest BCUT2D eigenvalue weighted by Gasteiger charge is 2.27. The van der Waals surface area contributed by atoms with Crippen LogP contribution in [0.4, 0.5) is 5.69 Å². The molecule has 0 aliphatic rings. The van der Waals surface area contributed by atoms with Gasteiger partial charge in [0.25, 0.3) is 5.69 Å². The molecule has 0 spiro atoms. The zero-order chi connectivity index (χ0) is 28.0. The Morgan fingerprint density at radius 1 is 0.625 bits per heavy atom. The van der Waals surface area contributed by atoms with Gasteiger partial charge in [0, 0.05) is 55.4 Å². The third-order valence-electron chi connectivity index (χ3n) is 7.59. The van der Waals surface area contributed by atoms with Gasteiger partial charge in [-0.2, -0.15) is 0 Å². The third kappa shape index (κ3) is 2.76. The molecule has 7 rings (SSSR count). The van der Waals surface area contributed by atoms with Crippen LogP contribution in [0.2, 0.25) is 0 Å². The number of aromatic nitrogens is 1. The van der Waals surface area contributed by atoms with Gasteiger partial charge in [-0.05, 0) is 18.2 Å². The SMILES string of the molecule is COc1cccc2c(=O)c3c4[nH]c5ccc([N+](=O)[O-])cc5c4c4c(=O)c5cccc(OC)c5c(=O)c4c3c(=O)c12. The Bertz CT molecular complexity index is 2520. The van der Waals surface area contributed by atoms with Gasteiger partial charge in [-0.3, -0.25) is 29.3 Å². The Labute approximate surface area is 221 Å². The lowest BCUT2D eigenvalue weighted by molar-refractivity contribution is -0.384. The Balaban J connectivity index is 1.96. The predicted octanol–water partition coefficient (Wildman–Crippen LogP) is 4.18. The van der Waals surface area contributed by atoms with Crippen molar-refractivity contribution in [1.82, 2.24) is 4.98 Å². The first-order valence-corrected chi connectivity index (χ1v) is 12.1. The van der Waals surface area contributed by atoms with Crippen molar-refractivity contribution >= 4 is 70.6 Å². The lowest BCUT2D eigenvalue weighted by Crippen LogP contribution is -2.20. The van der Waals surface area contributed by atoms with Crippen LogP contribution in [0.3, 0.4) is 0 Å². The van der Waals surface area contributed by atoms with E-state index in [-0.39, 0.29) is 76.6 Å². The van der Waals surface area contributed by atoms with Crippen molar-refractivity contribution < 1.29 is 14.4 Å². The fraction of sp³-hybridized carbons (Fsp3) is 0.0667. The van der Waals surface area contributed by atoms with E-state index >= 15 is 0 Å². The lowest BCUT2D eigenvalue weighted by atomic mass is 9.90. The minimum absolute atomic E-state index is 0.0122. The standard InChI is InChI=1S/C30H16N2O8/c1-39-17-7-3-5-13-19(17)29(35)23-22(27(13)33)21-15-11-12(32(37)38)9-10-16(15)31-26(21)25-24(23)30(36)20-14(28(25)34)6-4-8-18(20)40-2/h3-11,31H,1-2H3. The summed E-state index contributed by atoms with van der Waals surface area (Å²) in [6.45, 7) is 0. The number of H-pyrrole nitrogens is 1. The van der Waals surface area contributed by atoms with Gasteiger partial charge in [-0.15, -0.1) is 0 Å². The summed E-state index contributed by atoms with van der Waals surface area (Å²) in [5.74, 6) is 0.285. The van der Waals surface area contributed by atoms with Gasteiger partial charge >= 0.3 is 0 Å². The van der Waals surface area contributed by atoms with Crippen molar-refractivity contribution in [3.8, 4) is 11.5 Å². The first-order chi connectivity index (χ1) is 19.3. The van der Waals surface area contributed by atoms with Crippen molar-refractivity contribution in [2.75, 3.05) is 14.2 Å². The smallest absolute Gasteiger partial charge is 0.270 e. The summed E-state index contributed by atoms with van der Waals surface area (Å²) in [6.07, 6.45) is 0. The number of nitro groups is 1. The molecule has 0 radical (unpaired) electrons. The zero-order valence-corrected chi connectivity index (χ0v) is 20.9. The van der Waals surface area contributed by atoms with E-state index in [4.69, 9.17) is 9.47 Å². The minimum atomic E-state index is -0.667. The Hall–Kier alpha value is -5.64. The van der Waals surface area contributed by atoms with E-state index in [1.165, 1.54) is 56.7 Å². The molecule has 194 valence electrons. The zero-order valence-electron chi connectivity index (χ0n) is 20.9. The molecule has 0 aliphatic heterocycles. The average Bonchev–Trinajstić information content (AvgIpc) is 3.35. The number of aromatic amines is 1. The first-order valence-electron chi connectivity index (χ1n) is 12.1. The van der Waals surface area contributed by atoms with Gasteiger partial charge in [0.05, 0.1) is 40.8 Å². The molecule has 1 aromatic heterocycles. The van der Waals surface area contributed by atoms with Crippen LogP contribution in [-0.4, -0.2) is 24.1 Å². The largest absolute Gasteiger partial charge is 0.496 e. The number of hydrogen-bond donors (Lipinski definition) is 1. The molecule has 1 N–H and O–H groups in total. The number of methoxy groups -OCH3 is 2. The molecule has 0 atom stereocenters. The highest BCUT2D eigenvalue weighted by molar-refractivity contribution is 6.33. The number of benzene rings is 6. The van der Waals surface area contributed by atoms with E-state index < -0.39 is 26.6 Å². The highest BCUT2D eigenvalue weighted by atomic mass is 16.6. The quantitative estimate of drug-likeness (QED) is 0.154. The second kappa shape index (κ2) is 7.93.